The third-order valence-electron chi connectivity index (χ3n) is 7.12. The van der Waals surface area contributed by atoms with Gasteiger partial charge in [0.25, 0.3) is 0 Å². The molecule has 1 unspecified atom stereocenters. The number of amides is 4. The molecule has 0 aromatic rings. The van der Waals surface area contributed by atoms with Gasteiger partial charge in [0.15, 0.2) is 0 Å². The van der Waals surface area contributed by atoms with Crippen LogP contribution in [0.4, 0.5) is 0 Å². The first-order valence-electron chi connectivity index (χ1n) is 14.4. The van der Waals surface area contributed by atoms with E-state index >= 15 is 0 Å². The number of carbonyl (C=O) groups excluding carboxylic acids is 4. The van der Waals surface area contributed by atoms with Crippen LogP contribution in [0, 0.1) is 16.7 Å². The SMILES string of the molecule is CC(C)(C)CCNC(=O)CCOC(C)(C)CCOC(C)(C)CCNC(=O)CCN1C(=O)CC(C(C)(C)C)C1=O. The van der Waals surface area contributed by atoms with Crippen LogP contribution in [-0.2, 0) is 28.7 Å². The maximum absolute atomic E-state index is 12.6. The Hall–Kier alpha value is -2.00. The summed E-state index contributed by atoms with van der Waals surface area (Å²) in [5, 5.41) is 5.81. The number of nitrogens with one attached hydrogen (secondary N) is 2. The van der Waals surface area contributed by atoms with Gasteiger partial charge in [0, 0.05) is 38.9 Å². The van der Waals surface area contributed by atoms with Crippen molar-refractivity contribution < 1.29 is 28.7 Å². The van der Waals surface area contributed by atoms with Crippen LogP contribution >= 0.6 is 0 Å². The fraction of sp³-hybridized carbons (Fsp3) is 0.867. The van der Waals surface area contributed by atoms with Gasteiger partial charge in [-0.15, -0.1) is 0 Å². The average molecular weight is 554 g/mol. The maximum Gasteiger partial charge on any atom is 0.233 e. The lowest BCUT2D eigenvalue weighted by atomic mass is 9.80. The van der Waals surface area contributed by atoms with Crippen LogP contribution in [-0.4, -0.2) is 72.6 Å². The van der Waals surface area contributed by atoms with E-state index in [0.29, 0.717) is 45.6 Å². The summed E-state index contributed by atoms with van der Waals surface area (Å²) >= 11 is 0. The van der Waals surface area contributed by atoms with Gasteiger partial charge in [0.1, 0.15) is 0 Å². The van der Waals surface area contributed by atoms with Crippen molar-refractivity contribution in [2.75, 3.05) is 32.8 Å². The van der Waals surface area contributed by atoms with Crippen molar-refractivity contribution in [2.24, 2.45) is 16.7 Å². The van der Waals surface area contributed by atoms with E-state index in [9.17, 15) is 19.2 Å². The summed E-state index contributed by atoms with van der Waals surface area (Å²) in [6, 6.07) is 0. The van der Waals surface area contributed by atoms with E-state index in [0.717, 1.165) is 6.42 Å². The molecule has 0 spiro atoms. The molecule has 0 aliphatic carbocycles. The van der Waals surface area contributed by atoms with Crippen LogP contribution < -0.4 is 10.6 Å². The van der Waals surface area contributed by atoms with Crippen LogP contribution in [0.1, 0.15) is 108 Å². The molecule has 1 aliphatic heterocycles. The lowest BCUT2D eigenvalue weighted by Gasteiger charge is -2.30. The average Bonchev–Trinajstić information content (AvgIpc) is 3.04. The molecule has 1 rings (SSSR count). The van der Waals surface area contributed by atoms with Crippen molar-refractivity contribution in [1.29, 1.82) is 0 Å². The Morgan fingerprint density at radius 1 is 0.769 bits per heavy atom. The topological polar surface area (TPSA) is 114 Å². The summed E-state index contributed by atoms with van der Waals surface area (Å²) in [4.78, 5) is 50.4. The van der Waals surface area contributed by atoms with Gasteiger partial charge in [-0.1, -0.05) is 41.5 Å². The summed E-state index contributed by atoms with van der Waals surface area (Å²) in [6.45, 7) is 22.3. The first-order chi connectivity index (χ1) is 17.7. The molecule has 1 aliphatic rings. The molecule has 9 nitrogen and oxygen atoms in total. The summed E-state index contributed by atoms with van der Waals surface area (Å²) in [5.41, 5.74) is -0.958. The van der Waals surface area contributed by atoms with Crippen molar-refractivity contribution in [3.05, 3.63) is 0 Å². The third-order valence-corrected chi connectivity index (χ3v) is 7.12. The minimum Gasteiger partial charge on any atom is -0.375 e. The molecular weight excluding hydrogens is 498 g/mol. The molecule has 226 valence electrons. The normalized spacial score (nSPS) is 17.1. The Bertz CT molecular complexity index is 839. The second kappa shape index (κ2) is 14.6. The summed E-state index contributed by atoms with van der Waals surface area (Å²) in [6.07, 6.45) is 2.85. The summed E-state index contributed by atoms with van der Waals surface area (Å²) in [7, 11) is 0. The summed E-state index contributed by atoms with van der Waals surface area (Å²) < 4.78 is 12.0. The standard InChI is InChI=1S/C30H55N3O6/c1-27(2,3)13-16-31-24(35)12-19-38-30(9,10)15-20-39-29(7,8)14-17-32-23(34)11-18-33-25(36)21-22(26(33)37)28(4,5)6/h22H,11-21H2,1-10H3,(H,31,35)(H,32,34). The predicted molar refractivity (Wildman–Crippen MR) is 153 cm³/mol. The molecule has 1 heterocycles. The first-order valence-corrected chi connectivity index (χ1v) is 14.4. The van der Waals surface area contributed by atoms with Crippen molar-refractivity contribution in [3.8, 4) is 0 Å². The molecule has 1 fully saturated rings. The number of ether oxygens (including phenoxy) is 2. The molecule has 2 N–H and O–H groups in total. The number of likely N-dealkylation sites (tertiary alicyclic amines) is 1. The molecule has 1 atom stereocenters. The zero-order valence-electron chi connectivity index (χ0n) is 26.3. The molecular formula is C30H55N3O6. The van der Waals surface area contributed by atoms with Gasteiger partial charge < -0.3 is 20.1 Å². The molecule has 0 aromatic carbocycles. The lowest BCUT2D eigenvalue weighted by Crippen LogP contribution is -2.38. The molecule has 39 heavy (non-hydrogen) atoms. The molecule has 9 heteroatoms. The van der Waals surface area contributed by atoms with Crippen LogP contribution in [0.25, 0.3) is 0 Å². The minimum absolute atomic E-state index is 0.00205. The Morgan fingerprint density at radius 2 is 1.28 bits per heavy atom. The van der Waals surface area contributed by atoms with Crippen LogP contribution in [0.3, 0.4) is 0 Å². The largest absolute Gasteiger partial charge is 0.375 e. The van der Waals surface area contributed by atoms with E-state index < -0.39 is 11.2 Å². The highest BCUT2D eigenvalue weighted by Gasteiger charge is 2.44. The maximum atomic E-state index is 12.6. The zero-order valence-corrected chi connectivity index (χ0v) is 26.3. The van der Waals surface area contributed by atoms with E-state index in [1.165, 1.54) is 4.90 Å². The van der Waals surface area contributed by atoms with Gasteiger partial charge in [-0.05, 0) is 57.8 Å². The molecule has 4 amide bonds. The molecule has 0 radical (unpaired) electrons. The van der Waals surface area contributed by atoms with Gasteiger partial charge >= 0.3 is 0 Å². The zero-order chi connectivity index (χ0) is 30.1. The lowest BCUT2D eigenvalue weighted by molar-refractivity contribution is -0.140. The smallest absolute Gasteiger partial charge is 0.233 e. The Kier molecular flexibility index (Phi) is 13.1. The first kappa shape index (κ1) is 35.0. The fourth-order valence-corrected chi connectivity index (χ4v) is 4.20. The van der Waals surface area contributed by atoms with Gasteiger partial charge in [0.05, 0.1) is 30.3 Å². The van der Waals surface area contributed by atoms with E-state index in [4.69, 9.17) is 9.47 Å². The molecule has 0 aromatic heterocycles. The predicted octanol–water partition coefficient (Wildman–Crippen LogP) is 4.23. The van der Waals surface area contributed by atoms with Gasteiger partial charge in [-0.3, -0.25) is 24.1 Å². The Balaban J connectivity index is 2.26. The monoisotopic (exact) mass is 553 g/mol. The second-order valence-electron chi connectivity index (χ2n) is 14.2. The quantitative estimate of drug-likeness (QED) is 0.277. The minimum atomic E-state index is -0.447. The number of carbonyl (C=O) groups is 4. The summed E-state index contributed by atoms with van der Waals surface area (Å²) in [5.74, 6) is -0.899. The van der Waals surface area contributed by atoms with E-state index in [1.807, 2.05) is 48.5 Å². The highest BCUT2D eigenvalue weighted by atomic mass is 16.5. The van der Waals surface area contributed by atoms with E-state index in [1.54, 1.807) is 0 Å². The van der Waals surface area contributed by atoms with E-state index in [-0.39, 0.29) is 59.8 Å². The molecule has 1 saturated heterocycles. The van der Waals surface area contributed by atoms with Crippen LogP contribution in [0.2, 0.25) is 0 Å². The van der Waals surface area contributed by atoms with Crippen LogP contribution in [0.15, 0.2) is 0 Å². The van der Waals surface area contributed by atoms with Gasteiger partial charge in [-0.2, -0.15) is 0 Å². The van der Waals surface area contributed by atoms with Crippen molar-refractivity contribution in [1.82, 2.24) is 15.5 Å². The molecule has 0 bridgehead atoms. The molecule has 0 saturated carbocycles. The highest BCUT2D eigenvalue weighted by molar-refractivity contribution is 6.04. The number of hydrogen-bond acceptors (Lipinski definition) is 6. The van der Waals surface area contributed by atoms with Gasteiger partial charge in [-0.25, -0.2) is 0 Å². The number of imide groups is 1. The number of hydrogen-bond donors (Lipinski definition) is 2. The highest BCUT2D eigenvalue weighted by Crippen LogP contribution is 2.35. The van der Waals surface area contributed by atoms with Crippen molar-refractivity contribution in [2.45, 2.75) is 119 Å². The van der Waals surface area contributed by atoms with Gasteiger partial charge in [0.2, 0.25) is 23.6 Å². The van der Waals surface area contributed by atoms with Crippen molar-refractivity contribution >= 4 is 23.6 Å². The third kappa shape index (κ3) is 14.3. The fourth-order valence-electron chi connectivity index (χ4n) is 4.20. The van der Waals surface area contributed by atoms with E-state index in [2.05, 4.69) is 31.4 Å². The Morgan fingerprint density at radius 3 is 1.82 bits per heavy atom. The second-order valence-corrected chi connectivity index (χ2v) is 14.2. The Labute approximate surface area is 236 Å². The van der Waals surface area contributed by atoms with Crippen molar-refractivity contribution in [3.63, 3.8) is 0 Å². The number of rotatable bonds is 16. The van der Waals surface area contributed by atoms with Crippen LogP contribution in [0.5, 0.6) is 0 Å². The number of nitrogens with zero attached hydrogens (tertiary/aromatic N) is 1.